The topological polar surface area (TPSA) is 29.5 Å². The Bertz CT molecular complexity index is 228. The largest absolute Gasteiger partial charge is 0.389 e. The molecule has 100 valence electrons. The molecule has 2 aliphatic rings. The highest BCUT2D eigenvalue weighted by atomic mass is 32.2. The maximum absolute atomic E-state index is 10.5. The quantitative estimate of drug-likeness (QED) is 0.768. The molecule has 0 amide bonds. The van der Waals surface area contributed by atoms with E-state index >= 15 is 0 Å². The zero-order valence-corrected chi connectivity index (χ0v) is 11.8. The van der Waals surface area contributed by atoms with Crippen molar-refractivity contribution in [3.05, 3.63) is 0 Å². The summed E-state index contributed by atoms with van der Waals surface area (Å²) in [6.45, 7) is 4.11. The van der Waals surface area contributed by atoms with E-state index in [2.05, 4.69) is 6.92 Å². The first-order valence-corrected chi connectivity index (χ1v) is 8.24. The van der Waals surface area contributed by atoms with E-state index in [1.807, 2.05) is 11.8 Å². The Morgan fingerprint density at radius 1 is 1.29 bits per heavy atom. The lowest BCUT2D eigenvalue weighted by Crippen LogP contribution is -2.35. The van der Waals surface area contributed by atoms with Crippen LogP contribution in [0.1, 0.15) is 45.4 Å². The van der Waals surface area contributed by atoms with E-state index in [0.717, 1.165) is 37.1 Å². The lowest BCUT2D eigenvalue weighted by molar-refractivity contribution is 0.0154. The molecule has 3 heteroatoms. The predicted octanol–water partition coefficient (Wildman–Crippen LogP) is 3.09. The van der Waals surface area contributed by atoms with Gasteiger partial charge in [0.05, 0.1) is 5.60 Å². The fraction of sp³-hybridized carbons (Fsp3) is 1.00. The van der Waals surface area contributed by atoms with Gasteiger partial charge in [-0.2, -0.15) is 11.8 Å². The Morgan fingerprint density at radius 3 is 2.71 bits per heavy atom. The van der Waals surface area contributed by atoms with Crippen molar-refractivity contribution < 1.29 is 9.84 Å². The monoisotopic (exact) mass is 258 g/mol. The number of hydrogen-bond donors (Lipinski definition) is 1. The summed E-state index contributed by atoms with van der Waals surface area (Å²) >= 11 is 1.91. The Labute approximate surface area is 110 Å². The molecule has 0 radical (unpaired) electrons. The van der Waals surface area contributed by atoms with Gasteiger partial charge in [0.2, 0.25) is 0 Å². The van der Waals surface area contributed by atoms with Crippen molar-refractivity contribution in [2.75, 3.05) is 24.7 Å². The van der Waals surface area contributed by atoms with Gasteiger partial charge in [-0.3, -0.25) is 0 Å². The lowest BCUT2D eigenvalue weighted by Gasteiger charge is -2.27. The van der Waals surface area contributed by atoms with E-state index in [9.17, 15) is 5.11 Å². The summed E-state index contributed by atoms with van der Waals surface area (Å²) < 4.78 is 5.37. The van der Waals surface area contributed by atoms with Gasteiger partial charge in [-0.05, 0) is 36.9 Å². The molecule has 0 aromatic carbocycles. The minimum Gasteiger partial charge on any atom is -0.389 e. The molecule has 0 spiro atoms. The number of ether oxygens (including phenoxy) is 1. The van der Waals surface area contributed by atoms with Crippen molar-refractivity contribution in [2.24, 2.45) is 11.8 Å². The van der Waals surface area contributed by atoms with Gasteiger partial charge in [0, 0.05) is 19.0 Å². The molecule has 0 aliphatic carbocycles. The number of thioether (sulfide) groups is 1. The zero-order valence-electron chi connectivity index (χ0n) is 11.0. The second-order valence-electron chi connectivity index (χ2n) is 5.82. The summed E-state index contributed by atoms with van der Waals surface area (Å²) in [5.74, 6) is 3.45. The second-order valence-corrected chi connectivity index (χ2v) is 6.85. The van der Waals surface area contributed by atoms with Crippen LogP contribution in [0.4, 0.5) is 0 Å². The summed E-state index contributed by atoms with van der Waals surface area (Å²) in [6, 6.07) is 0. The van der Waals surface area contributed by atoms with Gasteiger partial charge in [0.25, 0.3) is 0 Å². The fourth-order valence-electron chi connectivity index (χ4n) is 2.93. The average Bonchev–Trinajstić information content (AvgIpc) is 2.67. The Morgan fingerprint density at radius 2 is 2.06 bits per heavy atom. The van der Waals surface area contributed by atoms with Crippen LogP contribution in [0, 0.1) is 11.8 Å². The molecule has 0 saturated carbocycles. The molecule has 0 aromatic heterocycles. The molecule has 2 fully saturated rings. The van der Waals surface area contributed by atoms with E-state index in [1.54, 1.807) is 0 Å². The van der Waals surface area contributed by atoms with E-state index in [1.165, 1.54) is 32.1 Å². The first kappa shape index (κ1) is 13.7. The SMILES string of the molecule is CC1CSCC1(O)CCCCC1CCOCC1. The maximum Gasteiger partial charge on any atom is 0.0771 e. The average molecular weight is 258 g/mol. The van der Waals surface area contributed by atoms with Crippen LogP contribution in [-0.4, -0.2) is 35.4 Å². The van der Waals surface area contributed by atoms with Gasteiger partial charge in [-0.1, -0.05) is 26.2 Å². The third-order valence-electron chi connectivity index (χ3n) is 4.45. The van der Waals surface area contributed by atoms with Crippen LogP contribution in [0.2, 0.25) is 0 Å². The summed E-state index contributed by atoms with van der Waals surface area (Å²) in [5.41, 5.74) is -0.361. The van der Waals surface area contributed by atoms with Crippen LogP contribution >= 0.6 is 11.8 Å². The molecule has 1 N–H and O–H groups in total. The molecular formula is C14H26O2S. The lowest BCUT2D eigenvalue weighted by atomic mass is 9.86. The minimum absolute atomic E-state index is 0.361. The summed E-state index contributed by atoms with van der Waals surface area (Å²) in [5, 5.41) is 10.5. The molecule has 2 heterocycles. The van der Waals surface area contributed by atoms with Crippen LogP contribution in [0.15, 0.2) is 0 Å². The van der Waals surface area contributed by atoms with E-state index in [4.69, 9.17) is 4.74 Å². The van der Waals surface area contributed by atoms with Gasteiger partial charge in [0.15, 0.2) is 0 Å². The predicted molar refractivity (Wildman–Crippen MR) is 73.4 cm³/mol. The molecule has 0 bridgehead atoms. The van der Waals surface area contributed by atoms with Crippen LogP contribution in [0.3, 0.4) is 0 Å². The van der Waals surface area contributed by atoms with Gasteiger partial charge in [0.1, 0.15) is 0 Å². The number of aliphatic hydroxyl groups is 1. The second kappa shape index (κ2) is 6.44. The Balaban J connectivity index is 1.59. The van der Waals surface area contributed by atoms with E-state index < -0.39 is 0 Å². The number of rotatable bonds is 5. The third-order valence-corrected chi connectivity index (χ3v) is 5.89. The standard InChI is InChI=1S/C14H26O2S/c1-12-10-17-11-14(12,15)7-3-2-4-13-5-8-16-9-6-13/h12-13,15H,2-11H2,1H3. The van der Waals surface area contributed by atoms with Gasteiger partial charge in [-0.25, -0.2) is 0 Å². The molecule has 2 unspecified atom stereocenters. The highest BCUT2D eigenvalue weighted by molar-refractivity contribution is 7.99. The normalized spacial score (nSPS) is 35.3. The summed E-state index contributed by atoms with van der Waals surface area (Å²) in [7, 11) is 0. The smallest absolute Gasteiger partial charge is 0.0771 e. The molecule has 2 saturated heterocycles. The number of hydrogen-bond acceptors (Lipinski definition) is 3. The van der Waals surface area contributed by atoms with Crippen molar-refractivity contribution in [1.29, 1.82) is 0 Å². The minimum atomic E-state index is -0.361. The summed E-state index contributed by atoms with van der Waals surface area (Å²) in [6.07, 6.45) is 7.31. The number of unbranched alkanes of at least 4 members (excludes halogenated alkanes) is 1. The molecule has 0 aromatic rings. The van der Waals surface area contributed by atoms with Crippen molar-refractivity contribution in [2.45, 2.75) is 51.0 Å². The fourth-order valence-corrected chi connectivity index (χ4v) is 4.49. The van der Waals surface area contributed by atoms with Gasteiger partial charge in [-0.15, -0.1) is 0 Å². The van der Waals surface area contributed by atoms with E-state index in [-0.39, 0.29) is 5.60 Å². The molecular weight excluding hydrogens is 232 g/mol. The first-order chi connectivity index (χ1) is 8.21. The van der Waals surface area contributed by atoms with Crippen LogP contribution in [0.5, 0.6) is 0 Å². The van der Waals surface area contributed by atoms with Gasteiger partial charge >= 0.3 is 0 Å². The zero-order chi connectivity index (χ0) is 12.1. The van der Waals surface area contributed by atoms with Crippen molar-refractivity contribution in [3.63, 3.8) is 0 Å². The van der Waals surface area contributed by atoms with Crippen molar-refractivity contribution in [3.8, 4) is 0 Å². The van der Waals surface area contributed by atoms with Crippen LogP contribution < -0.4 is 0 Å². The molecule has 2 nitrogen and oxygen atoms in total. The first-order valence-electron chi connectivity index (χ1n) is 7.08. The Kier molecular flexibility index (Phi) is 5.19. The van der Waals surface area contributed by atoms with Crippen molar-refractivity contribution >= 4 is 11.8 Å². The molecule has 2 rings (SSSR count). The molecule has 2 aliphatic heterocycles. The molecule has 17 heavy (non-hydrogen) atoms. The van der Waals surface area contributed by atoms with Crippen molar-refractivity contribution in [1.82, 2.24) is 0 Å². The van der Waals surface area contributed by atoms with Crippen LogP contribution in [-0.2, 0) is 4.74 Å². The van der Waals surface area contributed by atoms with Crippen LogP contribution in [0.25, 0.3) is 0 Å². The Hall–Kier alpha value is 0.270. The van der Waals surface area contributed by atoms with Gasteiger partial charge < -0.3 is 9.84 Å². The maximum atomic E-state index is 10.5. The molecule has 2 atom stereocenters. The highest BCUT2D eigenvalue weighted by Gasteiger charge is 2.37. The highest BCUT2D eigenvalue weighted by Crippen LogP contribution is 2.37. The van der Waals surface area contributed by atoms with E-state index in [0.29, 0.717) is 5.92 Å². The third kappa shape index (κ3) is 3.87. The summed E-state index contributed by atoms with van der Waals surface area (Å²) in [4.78, 5) is 0.